The summed E-state index contributed by atoms with van der Waals surface area (Å²) in [5.74, 6) is 4.16. The van der Waals surface area contributed by atoms with Crippen LogP contribution in [-0.2, 0) is 10.8 Å². The van der Waals surface area contributed by atoms with Gasteiger partial charge in [0.2, 0.25) is 0 Å². The van der Waals surface area contributed by atoms with E-state index in [1.54, 1.807) is 0 Å². The van der Waals surface area contributed by atoms with Crippen molar-refractivity contribution in [3.63, 3.8) is 0 Å². The number of nitrogens with one attached hydrogen (secondary N) is 1. The summed E-state index contributed by atoms with van der Waals surface area (Å²) < 4.78 is 11.3. The fourth-order valence-corrected chi connectivity index (χ4v) is 5.39. The summed E-state index contributed by atoms with van der Waals surface area (Å²) in [6, 6.07) is 0.784. The maximum absolute atomic E-state index is 11.3. The van der Waals surface area contributed by atoms with Crippen LogP contribution in [0.4, 0.5) is 0 Å². The van der Waals surface area contributed by atoms with E-state index in [1.807, 2.05) is 6.26 Å². The third-order valence-electron chi connectivity index (χ3n) is 5.95. The molecule has 104 valence electrons. The van der Waals surface area contributed by atoms with Crippen LogP contribution in [0.2, 0.25) is 0 Å². The second-order valence-corrected chi connectivity index (χ2v) is 8.61. The minimum atomic E-state index is -0.659. The lowest BCUT2D eigenvalue weighted by Gasteiger charge is -2.32. The first-order valence-corrected chi connectivity index (χ1v) is 9.34. The first-order valence-electron chi connectivity index (χ1n) is 7.72. The molecule has 18 heavy (non-hydrogen) atoms. The van der Waals surface area contributed by atoms with Gasteiger partial charge in [0.25, 0.3) is 0 Å². The van der Waals surface area contributed by atoms with Gasteiger partial charge in [0.15, 0.2) is 0 Å². The van der Waals surface area contributed by atoms with E-state index in [1.165, 1.54) is 32.1 Å². The van der Waals surface area contributed by atoms with E-state index in [0.29, 0.717) is 5.25 Å². The Bertz CT molecular complexity index is 332. The highest BCUT2D eigenvalue weighted by Crippen LogP contribution is 2.58. The minimum Gasteiger partial charge on any atom is -0.314 e. The Morgan fingerprint density at radius 1 is 1.22 bits per heavy atom. The van der Waals surface area contributed by atoms with Crippen LogP contribution in [-0.4, -0.2) is 28.3 Å². The first-order chi connectivity index (χ1) is 8.66. The molecule has 1 N–H and O–H groups in total. The molecular formula is C15H27NOS. The first kappa shape index (κ1) is 13.1. The molecule has 0 saturated heterocycles. The van der Waals surface area contributed by atoms with Crippen molar-refractivity contribution in [2.75, 3.05) is 12.8 Å². The van der Waals surface area contributed by atoms with E-state index in [-0.39, 0.29) is 0 Å². The maximum atomic E-state index is 11.3. The lowest BCUT2D eigenvalue weighted by atomic mass is 9.79. The van der Waals surface area contributed by atoms with E-state index in [9.17, 15) is 4.21 Å². The molecule has 0 aromatic rings. The number of hydrogen-bond donors (Lipinski definition) is 1. The Morgan fingerprint density at radius 2 is 2.00 bits per heavy atom. The second-order valence-electron chi connectivity index (χ2n) is 6.81. The number of fused-ring (bicyclic) bond motifs is 5. The van der Waals surface area contributed by atoms with Crippen LogP contribution in [0.5, 0.6) is 0 Å². The molecular weight excluding hydrogens is 242 g/mol. The van der Waals surface area contributed by atoms with E-state index < -0.39 is 10.8 Å². The number of hydrogen-bond acceptors (Lipinski definition) is 2. The Morgan fingerprint density at radius 3 is 2.78 bits per heavy atom. The molecule has 2 bridgehead atoms. The molecule has 0 amide bonds. The average molecular weight is 269 g/mol. The standard InChI is InChI=1S/C15H27NOS/c1-10(18(2)17)6-7-16-15-9-11-8-14(15)13-5-3-4-12(11)13/h10-16H,3-9H2,1-2H3. The van der Waals surface area contributed by atoms with E-state index in [4.69, 9.17) is 0 Å². The highest BCUT2D eigenvalue weighted by Gasteiger charge is 2.53. The van der Waals surface area contributed by atoms with Gasteiger partial charge in [0.1, 0.15) is 0 Å². The average Bonchev–Trinajstić information content (AvgIpc) is 3.00. The van der Waals surface area contributed by atoms with Crippen LogP contribution in [0.25, 0.3) is 0 Å². The van der Waals surface area contributed by atoms with Gasteiger partial charge in [-0.3, -0.25) is 4.21 Å². The summed E-state index contributed by atoms with van der Waals surface area (Å²) in [7, 11) is -0.659. The molecule has 3 heteroatoms. The van der Waals surface area contributed by atoms with Crippen LogP contribution in [0.3, 0.4) is 0 Å². The third kappa shape index (κ3) is 2.29. The Labute approximate surface area is 114 Å². The molecule has 0 radical (unpaired) electrons. The van der Waals surface area contributed by atoms with Crippen LogP contribution in [0.1, 0.15) is 45.4 Å². The topological polar surface area (TPSA) is 29.1 Å². The van der Waals surface area contributed by atoms with Gasteiger partial charge < -0.3 is 5.32 Å². The molecule has 3 aliphatic rings. The zero-order valence-electron chi connectivity index (χ0n) is 11.7. The van der Waals surface area contributed by atoms with Gasteiger partial charge in [-0.1, -0.05) is 13.3 Å². The summed E-state index contributed by atoms with van der Waals surface area (Å²) in [6.07, 6.45) is 10.3. The Kier molecular flexibility index (Phi) is 3.82. The lowest BCUT2D eigenvalue weighted by molar-refractivity contribution is 0.209. The number of rotatable bonds is 5. The smallest absolute Gasteiger partial charge is 0.0329 e. The van der Waals surface area contributed by atoms with Crippen LogP contribution < -0.4 is 5.32 Å². The summed E-state index contributed by atoms with van der Waals surface area (Å²) >= 11 is 0. The molecule has 0 aromatic heterocycles. The lowest BCUT2D eigenvalue weighted by Crippen LogP contribution is -2.40. The fraction of sp³-hybridized carbons (Fsp3) is 1.00. The van der Waals surface area contributed by atoms with Crippen molar-refractivity contribution >= 4 is 10.8 Å². The van der Waals surface area contributed by atoms with Gasteiger partial charge in [-0.05, 0) is 62.3 Å². The summed E-state index contributed by atoms with van der Waals surface area (Å²) in [5, 5.41) is 4.12. The van der Waals surface area contributed by atoms with Crippen molar-refractivity contribution in [2.45, 2.75) is 56.7 Å². The van der Waals surface area contributed by atoms with Gasteiger partial charge in [-0.2, -0.15) is 0 Å². The molecule has 0 aliphatic heterocycles. The molecule has 0 spiro atoms. The zero-order chi connectivity index (χ0) is 12.7. The highest BCUT2D eigenvalue weighted by atomic mass is 32.2. The van der Waals surface area contributed by atoms with E-state index in [0.717, 1.165) is 42.7 Å². The van der Waals surface area contributed by atoms with Crippen molar-refractivity contribution in [3.8, 4) is 0 Å². The highest BCUT2D eigenvalue weighted by molar-refractivity contribution is 7.84. The summed E-state index contributed by atoms with van der Waals surface area (Å²) in [6.45, 7) is 3.16. The summed E-state index contributed by atoms with van der Waals surface area (Å²) in [4.78, 5) is 0. The van der Waals surface area contributed by atoms with Gasteiger partial charge in [0.05, 0.1) is 0 Å². The minimum absolute atomic E-state index is 0.343. The van der Waals surface area contributed by atoms with Crippen molar-refractivity contribution in [2.24, 2.45) is 23.7 Å². The summed E-state index contributed by atoms with van der Waals surface area (Å²) in [5.41, 5.74) is 0. The molecule has 7 unspecified atom stereocenters. The van der Waals surface area contributed by atoms with E-state index >= 15 is 0 Å². The molecule has 2 nitrogen and oxygen atoms in total. The zero-order valence-corrected chi connectivity index (χ0v) is 12.5. The van der Waals surface area contributed by atoms with Crippen LogP contribution in [0, 0.1) is 23.7 Å². The second kappa shape index (κ2) is 5.24. The third-order valence-corrected chi connectivity index (χ3v) is 7.32. The fourth-order valence-electron chi connectivity index (χ4n) is 4.94. The maximum Gasteiger partial charge on any atom is 0.0329 e. The monoisotopic (exact) mass is 269 g/mol. The predicted molar refractivity (Wildman–Crippen MR) is 77.0 cm³/mol. The van der Waals surface area contributed by atoms with Gasteiger partial charge >= 0.3 is 0 Å². The Hall–Kier alpha value is 0.110. The SMILES string of the molecule is CC(CCNC1CC2CC1C1CCCC21)S(C)=O. The van der Waals surface area contributed by atoms with Crippen molar-refractivity contribution in [1.82, 2.24) is 5.32 Å². The normalized spacial score (nSPS) is 45.1. The van der Waals surface area contributed by atoms with Crippen LogP contribution >= 0.6 is 0 Å². The van der Waals surface area contributed by atoms with Crippen LogP contribution in [0.15, 0.2) is 0 Å². The van der Waals surface area contributed by atoms with Gasteiger partial charge in [0, 0.05) is 28.3 Å². The molecule has 7 atom stereocenters. The molecule has 3 saturated carbocycles. The molecule has 3 rings (SSSR count). The van der Waals surface area contributed by atoms with Gasteiger partial charge in [-0.15, -0.1) is 0 Å². The van der Waals surface area contributed by atoms with Crippen molar-refractivity contribution in [3.05, 3.63) is 0 Å². The molecule has 3 aliphatic carbocycles. The molecule has 0 heterocycles. The van der Waals surface area contributed by atoms with Gasteiger partial charge in [-0.25, -0.2) is 0 Å². The van der Waals surface area contributed by atoms with E-state index in [2.05, 4.69) is 12.2 Å². The largest absolute Gasteiger partial charge is 0.314 e. The predicted octanol–water partition coefficient (Wildman–Crippen LogP) is 2.56. The molecule has 3 fully saturated rings. The molecule has 0 aromatic carbocycles. The quantitative estimate of drug-likeness (QED) is 0.831. The Balaban J connectivity index is 1.47. The van der Waals surface area contributed by atoms with Crippen molar-refractivity contribution in [1.29, 1.82) is 0 Å². The van der Waals surface area contributed by atoms with Crippen molar-refractivity contribution < 1.29 is 4.21 Å².